The molecule has 1 radical (unpaired) electrons. The first kappa shape index (κ1) is 10.4. The van der Waals surface area contributed by atoms with Gasteiger partial charge >= 0.3 is 0 Å². The number of carbonyl (C=O) groups is 1. The van der Waals surface area contributed by atoms with E-state index in [0.29, 0.717) is 6.61 Å². The van der Waals surface area contributed by atoms with Gasteiger partial charge in [0.05, 0.1) is 0 Å². The number of aromatic nitrogens is 2. The smallest absolute Gasteiger partial charge is 0.295 e. The number of nitrogens with zero attached hydrogens (tertiary/aromatic N) is 3. The molecule has 0 unspecified atom stereocenters. The summed E-state index contributed by atoms with van der Waals surface area (Å²) in [6.07, 6.45) is 0. The predicted molar refractivity (Wildman–Crippen MR) is 50.6 cm³/mol. The van der Waals surface area contributed by atoms with Gasteiger partial charge in [0.25, 0.3) is 5.91 Å². The van der Waals surface area contributed by atoms with Gasteiger partial charge in [-0.2, -0.15) is 9.36 Å². The Morgan fingerprint density at radius 2 is 2.50 bits per heavy atom. The van der Waals surface area contributed by atoms with Crippen molar-refractivity contribution in [2.75, 3.05) is 12.3 Å². The molecule has 1 heterocycles. The molecule has 7 nitrogen and oxygen atoms in total. The molecule has 75 valence electrons. The van der Waals surface area contributed by atoms with Crippen LogP contribution in [0.3, 0.4) is 0 Å². The summed E-state index contributed by atoms with van der Waals surface area (Å²) in [6, 6.07) is 0. The topological polar surface area (TPSA) is 114 Å². The Kier molecular flexibility index (Phi) is 3.35. The third-order valence-electron chi connectivity index (χ3n) is 1.15. The van der Waals surface area contributed by atoms with Crippen molar-refractivity contribution < 1.29 is 9.63 Å². The zero-order chi connectivity index (χ0) is 10.6. The van der Waals surface area contributed by atoms with Crippen LogP contribution in [-0.4, -0.2) is 27.6 Å². The standard InChI is InChI=1S/C6H8N5O2S/c1-2-13-10-3(4(7)12)5-9-6(8)14-11-5/h7H,2H2,1H3,(H2,8,9,11)/b10-3+. The monoisotopic (exact) mass is 214 g/mol. The van der Waals surface area contributed by atoms with Crippen LogP contribution in [0.25, 0.3) is 0 Å². The van der Waals surface area contributed by atoms with Crippen molar-refractivity contribution in [1.29, 1.82) is 0 Å². The molecule has 1 amide bonds. The third kappa shape index (κ3) is 2.39. The molecule has 0 aromatic carbocycles. The van der Waals surface area contributed by atoms with Crippen LogP contribution >= 0.6 is 11.5 Å². The Morgan fingerprint density at radius 3 is 2.93 bits per heavy atom. The molecule has 0 spiro atoms. The van der Waals surface area contributed by atoms with Gasteiger partial charge in [-0.15, -0.1) is 0 Å². The average molecular weight is 214 g/mol. The molecular weight excluding hydrogens is 206 g/mol. The van der Waals surface area contributed by atoms with Crippen molar-refractivity contribution in [3.8, 4) is 0 Å². The SMILES string of the molecule is CCO/N=C(\C([NH])=O)c1nsc(N)n1. The van der Waals surface area contributed by atoms with Crippen molar-refractivity contribution in [3.05, 3.63) is 5.82 Å². The van der Waals surface area contributed by atoms with Crippen molar-refractivity contribution in [3.63, 3.8) is 0 Å². The zero-order valence-electron chi connectivity index (χ0n) is 7.35. The number of hydrogen-bond acceptors (Lipinski definition) is 7. The number of oxime groups is 1. The number of nitrogens with one attached hydrogen (secondary N) is 1. The lowest BCUT2D eigenvalue weighted by molar-refractivity contribution is -0.112. The van der Waals surface area contributed by atoms with E-state index >= 15 is 0 Å². The van der Waals surface area contributed by atoms with Crippen LogP contribution in [0.15, 0.2) is 5.16 Å². The second kappa shape index (κ2) is 4.51. The van der Waals surface area contributed by atoms with Gasteiger partial charge in [-0.3, -0.25) is 10.5 Å². The van der Waals surface area contributed by atoms with E-state index in [4.69, 9.17) is 11.5 Å². The molecule has 1 aromatic heterocycles. The van der Waals surface area contributed by atoms with E-state index in [0.717, 1.165) is 11.5 Å². The van der Waals surface area contributed by atoms with Crippen LogP contribution in [0.5, 0.6) is 0 Å². The second-order valence-electron chi connectivity index (χ2n) is 2.14. The minimum atomic E-state index is -1.00. The first-order chi connectivity index (χ1) is 6.65. The fraction of sp³-hybridized carbons (Fsp3) is 0.333. The lowest BCUT2D eigenvalue weighted by Gasteiger charge is -1.95. The van der Waals surface area contributed by atoms with Crippen LogP contribution < -0.4 is 11.5 Å². The number of amides is 1. The molecule has 3 N–H and O–H groups in total. The fourth-order valence-electron chi connectivity index (χ4n) is 0.644. The number of anilines is 1. The number of rotatable bonds is 4. The van der Waals surface area contributed by atoms with E-state index in [1.165, 1.54) is 0 Å². The van der Waals surface area contributed by atoms with Gasteiger partial charge in [0.1, 0.15) is 6.61 Å². The number of hydrogen-bond donors (Lipinski definition) is 1. The normalized spacial score (nSPS) is 11.4. The van der Waals surface area contributed by atoms with E-state index in [2.05, 4.69) is 19.4 Å². The quantitative estimate of drug-likeness (QED) is 0.544. The summed E-state index contributed by atoms with van der Waals surface area (Å²) in [7, 11) is 0. The molecule has 1 aromatic rings. The first-order valence-electron chi connectivity index (χ1n) is 3.70. The highest BCUT2D eigenvalue weighted by Gasteiger charge is 2.17. The largest absolute Gasteiger partial charge is 0.395 e. The van der Waals surface area contributed by atoms with Crippen molar-refractivity contribution >= 4 is 28.3 Å². The molecule has 8 heteroatoms. The third-order valence-corrected chi connectivity index (χ3v) is 1.70. The molecule has 0 aliphatic carbocycles. The summed E-state index contributed by atoms with van der Waals surface area (Å²) in [5.74, 6) is -0.975. The molecule has 0 fully saturated rings. The van der Waals surface area contributed by atoms with Gasteiger partial charge in [-0.1, -0.05) is 5.16 Å². The lowest BCUT2D eigenvalue weighted by atomic mass is 10.3. The highest BCUT2D eigenvalue weighted by atomic mass is 32.1. The van der Waals surface area contributed by atoms with E-state index < -0.39 is 5.91 Å². The van der Waals surface area contributed by atoms with Crippen LogP contribution in [0.1, 0.15) is 12.7 Å². The van der Waals surface area contributed by atoms with Gasteiger partial charge in [0.15, 0.2) is 5.13 Å². The summed E-state index contributed by atoms with van der Waals surface area (Å²) in [4.78, 5) is 19.2. The Labute approximate surface area is 83.9 Å². The molecular formula is C6H8N5O2S. The first-order valence-corrected chi connectivity index (χ1v) is 4.48. The molecule has 1 rings (SSSR count). The van der Waals surface area contributed by atoms with E-state index in [9.17, 15) is 4.79 Å². The Morgan fingerprint density at radius 1 is 1.79 bits per heavy atom. The lowest BCUT2D eigenvalue weighted by Crippen LogP contribution is -2.18. The fourth-order valence-corrected chi connectivity index (χ4v) is 1.08. The maximum absolute atomic E-state index is 10.8. The molecule has 0 saturated carbocycles. The van der Waals surface area contributed by atoms with Gasteiger partial charge in [-0.05, 0) is 6.92 Å². The molecule has 0 atom stereocenters. The van der Waals surface area contributed by atoms with Gasteiger partial charge < -0.3 is 10.6 Å². The maximum Gasteiger partial charge on any atom is 0.295 e. The molecule has 0 aliphatic heterocycles. The maximum atomic E-state index is 10.8. The average Bonchev–Trinajstić information content (AvgIpc) is 2.52. The summed E-state index contributed by atoms with van der Waals surface area (Å²) in [5, 5.41) is 3.64. The van der Waals surface area contributed by atoms with E-state index in [1.807, 2.05) is 0 Å². The molecule has 0 bridgehead atoms. The number of carbonyl (C=O) groups excluding carboxylic acids is 1. The molecule has 14 heavy (non-hydrogen) atoms. The number of nitrogen functional groups attached to an aromatic ring is 1. The Bertz CT molecular complexity index is 361. The number of nitrogens with two attached hydrogens (primary N) is 1. The second-order valence-corrected chi connectivity index (χ2v) is 2.93. The van der Waals surface area contributed by atoms with Crippen LogP contribution in [-0.2, 0) is 9.63 Å². The Hall–Kier alpha value is -1.70. The molecule has 0 aliphatic rings. The highest BCUT2D eigenvalue weighted by Crippen LogP contribution is 2.06. The predicted octanol–water partition coefficient (Wildman–Crippen LogP) is -0.330. The van der Waals surface area contributed by atoms with Crippen molar-refractivity contribution in [2.24, 2.45) is 5.16 Å². The van der Waals surface area contributed by atoms with Crippen LogP contribution in [0.4, 0.5) is 5.13 Å². The minimum absolute atomic E-state index is 0.0287. The van der Waals surface area contributed by atoms with Crippen LogP contribution in [0, 0.1) is 0 Å². The van der Waals surface area contributed by atoms with Crippen LogP contribution in [0.2, 0.25) is 0 Å². The van der Waals surface area contributed by atoms with Gasteiger partial charge in [-0.25, -0.2) is 0 Å². The highest BCUT2D eigenvalue weighted by molar-refractivity contribution is 7.09. The van der Waals surface area contributed by atoms with E-state index in [1.54, 1.807) is 6.92 Å². The van der Waals surface area contributed by atoms with E-state index in [-0.39, 0.29) is 16.7 Å². The Balaban J connectivity index is 2.94. The zero-order valence-corrected chi connectivity index (χ0v) is 8.17. The summed E-state index contributed by atoms with van der Waals surface area (Å²) in [5.41, 5.74) is 12.0. The van der Waals surface area contributed by atoms with Gasteiger partial charge in [0, 0.05) is 11.5 Å². The van der Waals surface area contributed by atoms with Crippen molar-refractivity contribution in [2.45, 2.75) is 6.92 Å². The van der Waals surface area contributed by atoms with Gasteiger partial charge in [0.2, 0.25) is 11.5 Å². The summed E-state index contributed by atoms with van der Waals surface area (Å²) in [6.45, 7) is 2.01. The summed E-state index contributed by atoms with van der Waals surface area (Å²) < 4.78 is 3.74. The molecule has 0 saturated heterocycles. The van der Waals surface area contributed by atoms with Crippen molar-refractivity contribution in [1.82, 2.24) is 15.1 Å². The summed E-state index contributed by atoms with van der Waals surface area (Å²) >= 11 is 0.928. The minimum Gasteiger partial charge on any atom is -0.395 e.